The summed E-state index contributed by atoms with van der Waals surface area (Å²) in [6.07, 6.45) is -9.57. The summed E-state index contributed by atoms with van der Waals surface area (Å²) in [6, 6.07) is 0. The van der Waals surface area contributed by atoms with Crippen LogP contribution in [0.1, 0.15) is 6.92 Å². The van der Waals surface area contributed by atoms with Gasteiger partial charge in [0.2, 0.25) is 0 Å². The van der Waals surface area contributed by atoms with Crippen molar-refractivity contribution >= 4 is 5.78 Å². The SMILES string of the molecule is C=C(C)C(=O)COC1COC1C(F)(F)C(F)(F)F. The third-order valence-corrected chi connectivity index (χ3v) is 2.42. The lowest BCUT2D eigenvalue weighted by atomic mass is 10.0. The first-order chi connectivity index (χ1) is 8.07. The van der Waals surface area contributed by atoms with Crippen LogP contribution in [0.15, 0.2) is 12.2 Å². The summed E-state index contributed by atoms with van der Waals surface area (Å²) in [7, 11) is 0. The molecule has 104 valence electrons. The highest BCUT2D eigenvalue weighted by atomic mass is 19.4. The van der Waals surface area contributed by atoms with E-state index in [9.17, 15) is 26.7 Å². The lowest BCUT2D eigenvalue weighted by molar-refractivity contribution is -0.361. The molecule has 0 aromatic carbocycles. The van der Waals surface area contributed by atoms with Gasteiger partial charge in [-0.3, -0.25) is 4.79 Å². The van der Waals surface area contributed by atoms with Gasteiger partial charge in [-0.2, -0.15) is 22.0 Å². The molecule has 1 fully saturated rings. The van der Waals surface area contributed by atoms with E-state index in [2.05, 4.69) is 16.1 Å². The molecule has 0 amide bonds. The lowest BCUT2D eigenvalue weighted by Crippen LogP contribution is -2.62. The zero-order valence-electron chi connectivity index (χ0n) is 9.39. The van der Waals surface area contributed by atoms with Crippen LogP contribution in [0, 0.1) is 0 Å². The molecule has 1 heterocycles. The van der Waals surface area contributed by atoms with Crippen LogP contribution in [0.25, 0.3) is 0 Å². The summed E-state index contributed by atoms with van der Waals surface area (Å²) in [4.78, 5) is 11.1. The zero-order valence-corrected chi connectivity index (χ0v) is 9.39. The number of hydrogen-bond acceptors (Lipinski definition) is 3. The first-order valence-corrected chi connectivity index (χ1v) is 4.94. The van der Waals surface area contributed by atoms with Gasteiger partial charge in [0.05, 0.1) is 6.61 Å². The van der Waals surface area contributed by atoms with Crippen LogP contribution in [-0.4, -0.2) is 43.3 Å². The Labute approximate surface area is 99.5 Å². The summed E-state index contributed by atoms with van der Waals surface area (Å²) in [5.41, 5.74) is 0.134. The fraction of sp³-hybridized carbons (Fsp3) is 0.700. The number of carbonyl (C=O) groups is 1. The van der Waals surface area contributed by atoms with Crippen molar-refractivity contribution < 1.29 is 36.2 Å². The Kier molecular flexibility index (Phi) is 4.12. The van der Waals surface area contributed by atoms with E-state index in [0.29, 0.717) is 0 Å². The first-order valence-electron chi connectivity index (χ1n) is 4.94. The van der Waals surface area contributed by atoms with E-state index >= 15 is 0 Å². The fourth-order valence-corrected chi connectivity index (χ4v) is 1.21. The number of hydrogen-bond donors (Lipinski definition) is 0. The van der Waals surface area contributed by atoms with Gasteiger partial charge in [0.25, 0.3) is 0 Å². The van der Waals surface area contributed by atoms with Crippen molar-refractivity contribution in [3.63, 3.8) is 0 Å². The Morgan fingerprint density at radius 3 is 2.28 bits per heavy atom. The summed E-state index contributed by atoms with van der Waals surface area (Å²) in [5, 5.41) is 0. The Bertz CT molecular complexity index is 350. The van der Waals surface area contributed by atoms with Crippen LogP contribution in [0.5, 0.6) is 0 Å². The Morgan fingerprint density at radius 2 is 1.94 bits per heavy atom. The Hall–Kier alpha value is -1.02. The predicted octanol–water partition coefficient (Wildman–Crippen LogP) is 2.11. The van der Waals surface area contributed by atoms with Gasteiger partial charge < -0.3 is 9.47 Å². The standard InChI is InChI=1S/C10H11F5O3/c1-5(2)6(16)3-17-7-4-18-8(7)9(11,12)10(13,14)15/h7-8H,1,3-4H2,2H3. The maximum Gasteiger partial charge on any atom is 0.456 e. The van der Waals surface area contributed by atoms with E-state index in [1.807, 2.05) is 0 Å². The quantitative estimate of drug-likeness (QED) is 0.569. The molecule has 0 N–H and O–H groups in total. The minimum atomic E-state index is -5.71. The van der Waals surface area contributed by atoms with Crippen molar-refractivity contribution in [2.75, 3.05) is 13.2 Å². The smallest absolute Gasteiger partial charge is 0.366 e. The van der Waals surface area contributed by atoms with Crippen LogP contribution in [-0.2, 0) is 14.3 Å². The molecule has 1 aliphatic heterocycles. The summed E-state index contributed by atoms with van der Waals surface area (Å²) in [5.74, 6) is -5.56. The molecular formula is C10H11F5O3. The highest BCUT2D eigenvalue weighted by molar-refractivity contribution is 5.95. The maximum absolute atomic E-state index is 12.9. The molecule has 8 heteroatoms. The van der Waals surface area contributed by atoms with E-state index < -0.39 is 43.3 Å². The van der Waals surface area contributed by atoms with Crippen molar-refractivity contribution in [1.29, 1.82) is 0 Å². The van der Waals surface area contributed by atoms with E-state index in [1.165, 1.54) is 6.92 Å². The molecule has 2 atom stereocenters. The molecule has 1 aliphatic rings. The third-order valence-electron chi connectivity index (χ3n) is 2.42. The maximum atomic E-state index is 12.9. The molecular weight excluding hydrogens is 263 g/mol. The van der Waals surface area contributed by atoms with Crippen molar-refractivity contribution in [3.8, 4) is 0 Å². The first kappa shape index (κ1) is 15.0. The van der Waals surface area contributed by atoms with E-state index in [4.69, 9.17) is 0 Å². The van der Waals surface area contributed by atoms with Crippen molar-refractivity contribution in [1.82, 2.24) is 0 Å². The third kappa shape index (κ3) is 2.86. The second-order valence-electron chi connectivity index (χ2n) is 3.93. The average Bonchev–Trinajstić information content (AvgIpc) is 2.13. The number of halogens is 5. The van der Waals surface area contributed by atoms with Gasteiger partial charge >= 0.3 is 12.1 Å². The summed E-state index contributed by atoms with van der Waals surface area (Å²) in [6.45, 7) is 3.68. The van der Waals surface area contributed by atoms with Crippen LogP contribution >= 0.6 is 0 Å². The number of carbonyl (C=O) groups excluding carboxylic acids is 1. The van der Waals surface area contributed by atoms with Gasteiger partial charge in [-0.25, -0.2) is 0 Å². The normalized spacial score (nSPS) is 24.6. The summed E-state index contributed by atoms with van der Waals surface area (Å²) >= 11 is 0. The average molecular weight is 274 g/mol. The highest BCUT2D eigenvalue weighted by Crippen LogP contribution is 2.43. The van der Waals surface area contributed by atoms with Gasteiger partial charge in [0, 0.05) is 0 Å². The molecule has 0 bridgehead atoms. The van der Waals surface area contributed by atoms with Crippen LogP contribution in [0.2, 0.25) is 0 Å². The number of rotatable bonds is 5. The van der Waals surface area contributed by atoms with Gasteiger partial charge in [-0.15, -0.1) is 0 Å². The van der Waals surface area contributed by atoms with Crippen LogP contribution in [0.4, 0.5) is 22.0 Å². The highest BCUT2D eigenvalue weighted by Gasteiger charge is 2.67. The second kappa shape index (κ2) is 4.93. The summed E-state index contributed by atoms with van der Waals surface area (Å²) < 4.78 is 70.7. The largest absolute Gasteiger partial charge is 0.456 e. The number of ketones is 1. The monoisotopic (exact) mass is 274 g/mol. The molecule has 2 unspecified atom stereocenters. The van der Waals surface area contributed by atoms with E-state index in [0.717, 1.165) is 0 Å². The Morgan fingerprint density at radius 1 is 1.39 bits per heavy atom. The molecule has 0 radical (unpaired) electrons. The predicted molar refractivity (Wildman–Crippen MR) is 50.3 cm³/mol. The van der Waals surface area contributed by atoms with Gasteiger partial charge in [0.15, 0.2) is 11.9 Å². The molecule has 0 aromatic rings. The van der Waals surface area contributed by atoms with Gasteiger partial charge in [-0.1, -0.05) is 6.58 Å². The van der Waals surface area contributed by atoms with Crippen molar-refractivity contribution in [2.45, 2.75) is 31.2 Å². The van der Waals surface area contributed by atoms with Crippen molar-refractivity contribution in [2.24, 2.45) is 0 Å². The van der Waals surface area contributed by atoms with E-state index in [-0.39, 0.29) is 5.57 Å². The molecule has 3 nitrogen and oxygen atoms in total. The molecule has 0 spiro atoms. The Balaban J connectivity index is 2.56. The second-order valence-corrected chi connectivity index (χ2v) is 3.93. The number of alkyl halides is 5. The van der Waals surface area contributed by atoms with Gasteiger partial charge in [-0.05, 0) is 12.5 Å². The zero-order chi connectivity index (χ0) is 14.1. The van der Waals surface area contributed by atoms with E-state index in [1.54, 1.807) is 0 Å². The minimum absolute atomic E-state index is 0.134. The lowest BCUT2D eigenvalue weighted by Gasteiger charge is -2.41. The number of ether oxygens (including phenoxy) is 2. The molecule has 0 saturated carbocycles. The molecule has 0 aromatic heterocycles. The number of Topliss-reactive ketones (excluding diaryl/α,β-unsaturated/α-hetero) is 1. The topological polar surface area (TPSA) is 35.5 Å². The molecule has 0 aliphatic carbocycles. The minimum Gasteiger partial charge on any atom is -0.366 e. The van der Waals surface area contributed by atoms with Crippen LogP contribution in [0.3, 0.4) is 0 Å². The molecule has 1 rings (SSSR count). The molecule has 18 heavy (non-hydrogen) atoms. The fourth-order valence-electron chi connectivity index (χ4n) is 1.21. The van der Waals surface area contributed by atoms with Crippen molar-refractivity contribution in [3.05, 3.63) is 12.2 Å². The molecule has 1 saturated heterocycles. The van der Waals surface area contributed by atoms with Gasteiger partial charge in [0.1, 0.15) is 12.7 Å². The van der Waals surface area contributed by atoms with Crippen LogP contribution < -0.4 is 0 Å².